The highest BCUT2D eigenvalue weighted by molar-refractivity contribution is 6.21. The summed E-state index contributed by atoms with van der Waals surface area (Å²) in [4.78, 5) is 11.1. The molecule has 0 radical (unpaired) electrons. The Bertz CT molecular complexity index is 1090. The Balaban J connectivity index is 2.27. The van der Waals surface area contributed by atoms with E-state index in [2.05, 4.69) is 6.07 Å². The fraction of sp³-hybridized carbons (Fsp3) is 0.0526. The van der Waals surface area contributed by atoms with E-state index in [1.165, 1.54) is 7.11 Å². The maximum atomic E-state index is 11.5. The zero-order valence-electron chi connectivity index (χ0n) is 12.4. The third-order valence-electron chi connectivity index (χ3n) is 4.24. The Kier molecular flexibility index (Phi) is 2.91. The summed E-state index contributed by atoms with van der Waals surface area (Å²) in [7, 11) is 1.45. The van der Waals surface area contributed by atoms with E-state index in [4.69, 9.17) is 4.74 Å². The summed E-state index contributed by atoms with van der Waals surface area (Å²) in [6.07, 6.45) is 0. The molecule has 0 saturated carbocycles. The Morgan fingerprint density at radius 3 is 2.30 bits per heavy atom. The minimum Gasteiger partial charge on any atom is -0.490 e. The van der Waals surface area contributed by atoms with Gasteiger partial charge >= 0.3 is 5.69 Å². The molecule has 0 heterocycles. The van der Waals surface area contributed by atoms with Crippen LogP contribution in [0.5, 0.6) is 5.75 Å². The van der Waals surface area contributed by atoms with E-state index in [0.717, 1.165) is 26.9 Å². The third-order valence-corrected chi connectivity index (χ3v) is 4.24. The fourth-order valence-electron chi connectivity index (χ4n) is 3.23. The van der Waals surface area contributed by atoms with Crippen LogP contribution in [0.3, 0.4) is 0 Å². The molecule has 4 rings (SSSR count). The van der Waals surface area contributed by atoms with Gasteiger partial charge in [-0.05, 0) is 45.1 Å². The number of nitro groups is 1. The summed E-state index contributed by atoms with van der Waals surface area (Å²) in [5, 5.41) is 17.3. The minimum atomic E-state index is -0.377. The van der Waals surface area contributed by atoms with Gasteiger partial charge in [-0.2, -0.15) is 0 Å². The monoisotopic (exact) mass is 303 g/mol. The summed E-state index contributed by atoms with van der Waals surface area (Å²) >= 11 is 0. The number of hydrogen-bond donors (Lipinski definition) is 0. The molecule has 0 amide bonds. The molecule has 0 aliphatic carbocycles. The Morgan fingerprint density at radius 2 is 1.52 bits per heavy atom. The highest BCUT2D eigenvalue weighted by Crippen LogP contribution is 2.40. The van der Waals surface area contributed by atoms with Crippen molar-refractivity contribution < 1.29 is 9.66 Å². The van der Waals surface area contributed by atoms with Crippen LogP contribution in [0.25, 0.3) is 32.3 Å². The van der Waals surface area contributed by atoms with Crippen LogP contribution in [-0.2, 0) is 0 Å². The zero-order valence-corrected chi connectivity index (χ0v) is 12.4. The molecule has 0 aromatic heterocycles. The summed E-state index contributed by atoms with van der Waals surface area (Å²) in [6.45, 7) is 0. The first-order chi connectivity index (χ1) is 11.2. The van der Waals surface area contributed by atoms with E-state index >= 15 is 0 Å². The average Bonchev–Trinajstić information content (AvgIpc) is 2.59. The SMILES string of the molecule is COc1ccc2c(ccc3ccc4ccccc4c32)c1[N+](=O)[O-]. The number of benzene rings is 4. The zero-order chi connectivity index (χ0) is 16.0. The van der Waals surface area contributed by atoms with E-state index < -0.39 is 0 Å². The van der Waals surface area contributed by atoms with Crippen LogP contribution in [0.2, 0.25) is 0 Å². The van der Waals surface area contributed by atoms with Crippen molar-refractivity contribution in [3.05, 3.63) is 70.8 Å². The number of nitro benzene ring substituents is 1. The average molecular weight is 303 g/mol. The summed E-state index contributed by atoms with van der Waals surface area (Å²) in [5.41, 5.74) is 0.0137. The predicted molar refractivity (Wildman–Crippen MR) is 92.2 cm³/mol. The van der Waals surface area contributed by atoms with Crippen LogP contribution < -0.4 is 4.74 Å². The number of methoxy groups -OCH3 is 1. The van der Waals surface area contributed by atoms with Crippen LogP contribution >= 0.6 is 0 Å². The molecule has 112 valence electrons. The molecular weight excluding hydrogens is 290 g/mol. The van der Waals surface area contributed by atoms with Gasteiger partial charge in [0.2, 0.25) is 0 Å². The van der Waals surface area contributed by atoms with Crippen molar-refractivity contribution in [2.75, 3.05) is 7.11 Å². The van der Waals surface area contributed by atoms with Crippen LogP contribution in [-0.4, -0.2) is 12.0 Å². The van der Waals surface area contributed by atoms with Gasteiger partial charge in [0, 0.05) is 0 Å². The van der Waals surface area contributed by atoms with Crippen molar-refractivity contribution in [2.45, 2.75) is 0 Å². The van der Waals surface area contributed by atoms with Gasteiger partial charge in [0.05, 0.1) is 17.4 Å². The molecule has 0 fully saturated rings. The maximum absolute atomic E-state index is 11.5. The highest BCUT2D eigenvalue weighted by atomic mass is 16.6. The topological polar surface area (TPSA) is 52.4 Å². The lowest BCUT2D eigenvalue weighted by molar-refractivity contribution is -0.383. The summed E-state index contributed by atoms with van der Waals surface area (Å²) < 4.78 is 5.17. The first-order valence-electron chi connectivity index (χ1n) is 7.26. The lowest BCUT2D eigenvalue weighted by Gasteiger charge is -2.10. The standard InChI is InChI=1S/C19H13NO3/c1-23-17-11-10-15-16(19(17)20(21)22)9-8-13-7-6-12-4-2-3-5-14(12)18(13)15/h2-11H,1H3. The predicted octanol–water partition coefficient (Wildman–Crippen LogP) is 5.06. The van der Waals surface area contributed by atoms with Gasteiger partial charge in [-0.3, -0.25) is 10.1 Å². The number of rotatable bonds is 2. The van der Waals surface area contributed by atoms with Crippen molar-refractivity contribution in [3.8, 4) is 5.75 Å². The molecule has 4 aromatic carbocycles. The van der Waals surface area contributed by atoms with Crippen molar-refractivity contribution >= 4 is 38.0 Å². The quantitative estimate of drug-likeness (QED) is 0.295. The van der Waals surface area contributed by atoms with Crippen LogP contribution in [0.1, 0.15) is 0 Å². The van der Waals surface area contributed by atoms with Crippen LogP contribution in [0.4, 0.5) is 5.69 Å². The maximum Gasteiger partial charge on any atom is 0.318 e. The molecule has 4 heteroatoms. The fourth-order valence-corrected chi connectivity index (χ4v) is 3.23. The second kappa shape index (κ2) is 4.95. The van der Waals surface area contributed by atoms with E-state index in [9.17, 15) is 10.1 Å². The number of ether oxygens (including phenoxy) is 1. The van der Waals surface area contributed by atoms with Gasteiger partial charge in [-0.25, -0.2) is 0 Å². The van der Waals surface area contributed by atoms with E-state index in [1.54, 1.807) is 12.1 Å². The van der Waals surface area contributed by atoms with Crippen molar-refractivity contribution in [3.63, 3.8) is 0 Å². The first kappa shape index (κ1) is 13.5. The molecule has 0 aliphatic rings. The minimum absolute atomic E-state index is 0.0137. The van der Waals surface area contributed by atoms with Gasteiger partial charge < -0.3 is 4.74 Å². The van der Waals surface area contributed by atoms with Crippen LogP contribution in [0.15, 0.2) is 60.7 Å². The van der Waals surface area contributed by atoms with Crippen molar-refractivity contribution in [1.82, 2.24) is 0 Å². The second-order valence-electron chi connectivity index (χ2n) is 5.42. The molecule has 4 nitrogen and oxygen atoms in total. The van der Waals surface area contributed by atoms with E-state index in [1.807, 2.05) is 42.5 Å². The van der Waals surface area contributed by atoms with E-state index in [0.29, 0.717) is 5.39 Å². The van der Waals surface area contributed by atoms with Gasteiger partial charge in [0.25, 0.3) is 0 Å². The van der Waals surface area contributed by atoms with Crippen LogP contribution in [0, 0.1) is 10.1 Å². The second-order valence-corrected chi connectivity index (χ2v) is 5.42. The highest BCUT2D eigenvalue weighted by Gasteiger charge is 2.20. The van der Waals surface area contributed by atoms with Crippen molar-refractivity contribution in [1.29, 1.82) is 0 Å². The first-order valence-corrected chi connectivity index (χ1v) is 7.26. The van der Waals surface area contributed by atoms with Gasteiger partial charge in [-0.15, -0.1) is 0 Å². The molecule has 0 bridgehead atoms. The summed E-state index contributed by atoms with van der Waals surface area (Å²) in [6, 6.07) is 19.5. The molecular formula is C19H13NO3. The Labute approximate surface area is 132 Å². The molecule has 0 N–H and O–H groups in total. The smallest absolute Gasteiger partial charge is 0.318 e. The molecule has 23 heavy (non-hydrogen) atoms. The molecule has 0 atom stereocenters. The molecule has 0 spiro atoms. The Hall–Kier alpha value is -3.14. The number of hydrogen-bond acceptors (Lipinski definition) is 3. The molecule has 0 aliphatic heterocycles. The van der Waals surface area contributed by atoms with Gasteiger partial charge in [-0.1, -0.05) is 42.5 Å². The van der Waals surface area contributed by atoms with Gasteiger partial charge in [0.1, 0.15) is 0 Å². The number of nitrogens with zero attached hydrogens (tertiary/aromatic N) is 1. The normalized spacial score (nSPS) is 11.2. The summed E-state index contributed by atoms with van der Waals surface area (Å²) in [5.74, 6) is 0.280. The lowest BCUT2D eigenvalue weighted by Crippen LogP contribution is -1.95. The lowest BCUT2D eigenvalue weighted by atomic mass is 9.95. The number of fused-ring (bicyclic) bond motifs is 5. The molecule has 0 unspecified atom stereocenters. The molecule has 0 saturated heterocycles. The van der Waals surface area contributed by atoms with Crippen molar-refractivity contribution in [2.24, 2.45) is 0 Å². The van der Waals surface area contributed by atoms with Gasteiger partial charge in [0.15, 0.2) is 5.75 Å². The molecule has 4 aromatic rings. The third kappa shape index (κ3) is 1.92. The Morgan fingerprint density at radius 1 is 0.826 bits per heavy atom. The largest absolute Gasteiger partial charge is 0.490 e. The van der Waals surface area contributed by atoms with E-state index in [-0.39, 0.29) is 16.4 Å².